The number of pyridine rings is 1. The maximum atomic E-state index is 12.4. The van der Waals surface area contributed by atoms with E-state index < -0.39 is 18.7 Å². The van der Waals surface area contributed by atoms with Gasteiger partial charge in [-0.25, -0.2) is 9.67 Å². The number of nitrogens with one attached hydrogen (secondary N) is 1. The van der Waals surface area contributed by atoms with E-state index in [9.17, 15) is 18.0 Å². The number of ether oxygens (including phenoxy) is 1. The van der Waals surface area contributed by atoms with Crippen LogP contribution in [-0.2, 0) is 6.54 Å². The highest BCUT2D eigenvalue weighted by atomic mass is 35.5. The van der Waals surface area contributed by atoms with Crippen molar-refractivity contribution in [3.63, 3.8) is 0 Å². The molecule has 0 aliphatic heterocycles. The van der Waals surface area contributed by atoms with Crippen molar-refractivity contribution in [1.29, 1.82) is 0 Å². The second-order valence-corrected chi connectivity index (χ2v) is 6.12. The number of hydrogen-bond donors (Lipinski definition) is 1. The van der Waals surface area contributed by atoms with E-state index in [0.717, 1.165) is 11.8 Å². The van der Waals surface area contributed by atoms with Crippen molar-refractivity contribution in [1.82, 2.24) is 14.8 Å². The summed E-state index contributed by atoms with van der Waals surface area (Å²) < 4.78 is 42.5. The van der Waals surface area contributed by atoms with Gasteiger partial charge < -0.3 is 10.1 Å². The second-order valence-electron chi connectivity index (χ2n) is 5.71. The Kier molecular flexibility index (Phi) is 5.84. The number of aromatic nitrogens is 3. The van der Waals surface area contributed by atoms with Gasteiger partial charge in [-0.1, -0.05) is 29.8 Å². The van der Waals surface area contributed by atoms with Crippen LogP contribution < -0.4 is 10.1 Å². The van der Waals surface area contributed by atoms with Crippen LogP contribution in [0.25, 0.3) is 0 Å². The number of alkyl halides is 3. The molecule has 1 aromatic carbocycles. The third-order valence-electron chi connectivity index (χ3n) is 3.62. The van der Waals surface area contributed by atoms with Gasteiger partial charge in [-0.15, -0.1) is 0 Å². The van der Waals surface area contributed by atoms with Gasteiger partial charge in [-0.05, 0) is 17.7 Å². The van der Waals surface area contributed by atoms with E-state index in [1.807, 2.05) is 18.2 Å². The van der Waals surface area contributed by atoms with Gasteiger partial charge >= 0.3 is 6.18 Å². The molecule has 0 saturated heterocycles. The summed E-state index contributed by atoms with van der Waals surface area (Å²) in [5.41, 5.74) is 0.987. The Bertz CT molecular complexity index is 958. The quantitative estimate of drug-likeness (QED) is 0.662. The van der Waals surface area contributed by atoms with E-state index in [4.69, 9.17) is 11.6 Å². The molecular formula is C18H14ClF3N4O2. The molecule has 3 aromatic rings. The first-order valence-corrected chi connectivity index (χ1v) is 8.42. The summed E-state index contributed by atoms with van der Waals surface area (Å²) >= 11 is 6.14. The van der Waals surface area contributed by atoms with Crippen LogP contribution in [0, 0.1) is 0 Å². The summed E-state index contributed by atoms with van der Waals surface area (Å²) in [6.07, 6.45) is -1.80. The minimum Gasteiger partial charge on any atom is -0.468 e. The number of carbonyl (C=O) groups excluding carboxylic acids is 1. The van der Waals surface area contributed by atoms with E-state index in [1.54, 1.807) is 16.8 Å². The molecule has 3 rings (SSSR count). The molecule has 0 fully saturated rings. The molecule has 1 N–H and O–H groups in total. The number of nitrogens with zero attached hydrogens (tertiary/aromatic N) is 3. The summed E-state index contributed by atoms with van der Waals surface area (Å²) in [4.78, 5) is 16.1. The lowest BCUT2D eigenvalue weighted by Gasteiger charge is -2.11. The van der Waals surface area contributed by atoms with Crippen LogP contribution in [0.15, 0.2) is 54.9 Å². The van der Waals surface area contributed by atoms with Crippen LogP contribution in [0.4, 0.5) is 19.0 Å². The van der Waals surface area contributed by atoms with Gasteiger partial charge in [0.25, 0.3) is 5.91 Å². The molecule has 0 atom stereocenters. The largest absolute Gasteiger partial charge is 0.468 e. The smallest absolute Gasteiger partial charge is 0.422 e. The summed E-state index contributed by atoms with van der Waals surface area (Å²) in [5, 5.41) is 7.42. The molecule has 0 radical (unpaired) electrons. The van der Waals surface area contributed by atoms with Crippen LogP contribution in [0.5, 0.6) is 5.88 Å². The number of carbonyl (C=O) groups is 1. The minimum atomic E-state index is -4.46. The number of anilines is 1. The van der Waals surface area contributed by atoms with Gasteiger partial charge in [-0.2, -0.15) is 18.3 Å². The van der Waals surface area contributed by atoms with Crippen LogP contribution >= 0.6 is 11.6 Å². The number of amides is 1. The molecular weight excluding hydrogens is 397 g/mol. The molecule has 0 aliphatic carbocycles. The fourth-order valence-corrected chi connectivity index (χ4v) is 2.49. The Morgan fingerprint density at radius 1 is 1.18 bits per heavy atom. The first-order chi connectivity index (χ1) is 13.3. The molecule has 6 nitrogen and oxygen atoms in total. The normalized spacial score (nSPS) is 11.3. The minimum absolute atomic E-state index is 0.157. The van der Waals surface area contributed by atoms with Crippen LogP contribution in [0.2, 0.25) is 5.02 Å². The van der Waals surface area contributed by atoms with Gasteiger partial charge in [0, 0.05) is 23.4 Å². The molecule has 0 unspecified atom stereocenters. The molecule has 10 heteroatoms. The zero-order valence-electron chi connectivity index (χ0n) is 14.3. The van der Waals surface area contributed by atoms with E-state index in [1.165, 1.54) is 18.3 Å². The standard InChI is InChI=1S/C18H14ClF3N4O2/c19-14-4-2-1-3-13(14)10-26-15(7-8-24-26)25-17(27)12-5-6-16(23-9-12)28-11-18(20,21)22/h1-9H,10-11H2,(H,25,27). The van der Waals surface area contributed by atoms with Crippen LogP contribution in [-0.4, -0.2) is 33.5 Å². The van der Waals surface area contributed by atoms with Gasteiger partial charge in [0.1, 0.15) is 5.82 Å². The molecule has 0 saturated carbocycles. The lowest BCUT2D eigenvalue weighted by molar-refractivity contribution is -0.154. The monoisotopic (exact) mass is 410 g/mol. The lowest BCUT2D eigenvalue weighted by atomic mass is 10.2. The van der Waals surface area contributed by atoms with Crippen LogP contribution in [0.1, 0.15) is 15.9 Å². The highest BCUT2D eigenvalue weighted by Crippen LogP contribution is 2.19. The first-order valence-electron chi connectivity index (χ1n) is 8.04. The van der Waals surface area contributed by atoms with Crippen molar-refractivity contribution in [2.45, 2.75) is 12.7 Å². The predicted octanol–water partition coefficient (Wildman–Crippen LogP) is 4.17. The maximum Gasteiger partial charge on any atom is 0.422 e. The fraction of sp³-hybridized carbons (Fsp3) is 0.167. The first kappa shape index (κ1) is 19.7. The summed E-state index contributed by atoms with van der Waals surface area (Å²) in [6.45, 7) is -1.10. The SMILES string of the molecule is O=C(Nc1ccnn1Cc1ccccc1Cl)c1ccc(OCC(F)(F)F)nc1. The average molecular weight is 411 g/mol. The number of rotatable bonds is 6. The van der Waals surface area contributed by atoms with Crippen molar-refractivity contribution in [3.05, 3.63) is 71.0 Å². The number of benzene rings is 1. The summed E-state index contributed by atoms with van der Waals surface area (Å²) in [5.74, 6) is -0.282. The Balaban J connectivity index is 1.65. The summed E-state index contributed by atoms with van der Waals surface area (Å²) in [6, 6.07) is 11.4. The molecule has 2 aromatic heterocycles. The maximum absolute atomic E-state index is 12.4. The van der Waals surface area contributed by atoms with Gasteiger partial charge in [0.2, 0.25) is 5.88 Å². The Morgan fingerprint density at radius 3 is 2.64 bits per heavy atom. The Labute approximate surface area is 162 Å². The predicted molar refractivity (Wildman–Crippen MR) is 96.5 cm³/mol. The van der Waals surface area contributed by atoms with Crippen molar-refractivity contribution in [2.75, 3.05) is 11.9 Å². The molecule has 1 amide bonds. The lowest BCUT2D eigenvalue weighted by Crippen LogP contribution is -2.20. The van der Waals surface area contributed by atoms with E-state index >= 15 is 0 Å². The van der Waals surface area contributed by atoms with Crippen molar-refractivity contribution < 1.29 is 22.7 Å². The molecule has 0 bridgehead atoms. The average Bonchev–Trinajstić information content (AvgIpc) is 3.08. The number of halogens is 4. The van der Waals surface area contributed by atoms with Gasteiger partial charge in [0.05, 0.1) is 18.3 Å². The topological polar surface area (TPSA) is 69.0 Å². The zero-order chi connectivity index (χ0) is 20.1. The Morgan fingerprint density at radius 2 is 1.96 bits per heavy atom. The third-order valence-corrected chi connectivity index (χ3v) is 3.99. The van der Waals surface area contributed by atoms with E-state index in [0.29, 0.717) is 17.4 Å². The van der Waals surface area contributed by atoms with Crippen molar-refractivity contribution in [3.8, 4) is 5.88 Å². The van der Waals surface area contributed by atoms with Crippen molar-refractivity contribution >= 4 is 23.3 Å². The summed E-state index contributed by atoms with van der Waals surface area (Å²) in [7, 11) is 0. The fourth-order valence-electron chi connectivity index (χ4n) is 2.30. The zero-order valence-corrected chi connectivity index (χ0v) is 15.0. The molecule has 0 spiro atoms. The molecule has 28 heavy (non-hydrogen) atoms. The molecule has 146 valence electrons. The van der Waals surface area contributed by atoms with Gasteiger partial charge in [0.15, 0.2) is 6.61 Å². The third kappa shape index (κ3) is 5.23. The second kappa shape index (κ2) is 8.30. The van der Waals surface area contributed by atoms with Gasteiger partial charge in [-0.3, -0.25) is 4.79 Å². The molecule has 2 heterocycles. The molecule has 0 aliphatic rings. The van der Waals surface area contributed by atoms with Crippen LogP contribution in [0.3, 0.4) is 0 Å². The Hall–Kier alpha value is -3.07. The van der Waals surface area contributed by atoms with Crippen molar-refractivity contribution in [2.24, 2.45) is 0 Å². The van der Waals surface area contributed by atoms with E-state index in [2.05, 4.69) is 20.1 Å². The number of hydrogen-bond acceptors (Lipinski definition) is 4. The highest BCUT2D eigenvalue weighted by Gasteiger charge is 2.28. The van der Waals surface area contributed by atoms with E-state index in [-0.39, 0.29) is 11.4 Å². The highest BCUT2D eigenvalue weighted by molar-refractivity contribution is 6.31.